The highest BCUT2D eigenvalue weighted by atomic mass is 16.5. The highest BCUT2D eigenvalue weighted by Gasteiger charge is 2.15. The van der Waals surface area contributed by atoms with Crippen molar-refractivity contribution in [1.82, 2.24) is 9.55 Å². The Bertz CT molecular complexity index is 652. The number of pyridine rings is 1. The molecule has 1 aliphatic heterocycles. The van der Waals surface area contributed by atoms with Gasteiger partial charge in [-0.15, -0.1) is 0 Å². The number of anilines is 1. The van der Waals surface area contributed by atoms with E-state index < -0.39 is 0 Å². The molecule has 1 aliphatic rings. The summed E-state index contributed by atoms with van der Waals surface area (Å²) in [6.07, 6.45) is 6.79. The van der Waals surface area contributed by atoms with Crippen molar-refractivity contribution < 1.29 is 4.74 Å². The van der Waals surface area contributed by atoms with E-state index in [-0.39, 0.29) is 0 Å². The highest BCUT2D eigenvalue weighted by molar-refractivity contribution is 5.56. The number of ether oxygens (including phenoxy) is 1. The second kappa shape index (κ2) is 7.73. The zero-order valence-electron chi connectivity index (χ0n) is 15.2. The molecule has 0 saturated carbocycles. The molecule has 3 rings (SSSR count). The summed E-state index contributed by atoms with van der Waals surface area (Å²) in [5, 5.41) is 0. The molecule has 4 nitrogen and oxygen atoms in total. The minimum absolute atomic E-state index is 0.703. The molecule has 4 heteroatoms. The van der Waals surface area contributed by atoms with Gasteiger partial charge in [0.05, 0.1) is 6.61 Å². The lowest BCUT2D eigenvalue weighted by molar-refractivity contribution is 0.288. The predicted molar refractivity (Wildman–Crippen MR) is 99.1 cm³/mol. The summed E-state index contributed by atoms with van der Waals surface area (Å²) in [6.45, 7) is 10.4. The minimum Gasteiger partial charge on any atom is -0.477 e. The maximum absolute atomic E-state index is 6.00. The molecule has 0 bridgehead atoms. The molecule has 2 aromatic heterocycles. The van der Waals surface area contributed by atoms with Crippen LogP contribution in [0.15, 0.2) is 24.4 Å². The topological polar surface area (TPSA) is 30.3 Å². The summed E-state index contributed by atoms with van der Waals surface area (Å²) in [5.74, 6) is 0.791. The molecule has 3 heterocycles. The maximum atomic E-state index is 6.00. The average Bonchev–Trinajstić information content (AvgIpc) is 2.92. The van der Waals surface area contributed by atoms with Gasteiger partial charge >= 0.3 is 0 Å². The zero-order chi connectivity index (χ0) is 16.9. The first kappa shape index (κ1) is 16.9. The van der Waals surface area contributed by atoms with Crippen molar-refractivity contribution in [2.75, 3.05) is 24.6 Å². The first-order valence-electron chi connectivity index (χ1n) is 9.13. The van der Waals surface area contributed by atoms with Crippen LogP contribution in [0.25, 0.3) is 0 Å². The first-order chi connectivity index (χ1) is 11.7. The first-order valence-corrected chi connectivity index (χ1v) is 9.13. The molecule has 130 valence electrons. The minimum atomic E-state index is 0.703. The lowest BCUT2D eigenvalue weighted by Crippen LogP contribution is -2.30. The molecule has 1 saturated heterocycles. The third-order valence-electron chi connectivity index (χ3n) is 5.01. The van der Waals surface area contributed by atoms with Crippen molar-refractivity contribution in [2.24, 2.45) is 0 Å². The fourth-order valence-electron chi connectivity index (χ4n) is 3.57. The Morgan fingerprint density at radius 1 is 1.00 bits per heavy atom. The van der Waals surface area contributed by atoms with E-state index in [1.54, 1.807) is 0 Å². The summed E-state index contributed by atoms with van der Waals surface area (Å²) >= 11 is 0. The van der Waals surface area contributed by atoms with Crippen LogP contribution in [0.2, 0.25) is 0 Å². The fraction of sp³-hybridized carbons (Fsp3) is 0.550. The fourth-order valence-corrected chi connectivity index (χ4v) is 3.57. The summed E-state index contributed by atoms with van der Waals surface area (Å²) < 4.78 is 8.34. The van der Waals surface area contributed by atoms with Crippen LogP contribution in [0.5, 0.6) is 5.88 Å². The molecule has 0 spiro atoms. The third kappa shape index (κ3) is 3.74. The molecule has 0 amide bonds. The molecule has 2 aromatic rings. The normalized spacial score (nSPS) is 14.9. The van der Waals surface area contributed by atoms with E-state index in [4.69, 9.17) is 4.74 Å². The van der Waals surface area contributed by atoms with E-state index in [1.807, 2.05) is 6.20 Å². The van der Waals surface area contributed by atoms with E-state index in [0.29, 0.717) is 6.61 Å². The number of nitrogens with zero attached hydrogens (tertiary/aromatic N) is 3. The Kier molecular flexibility index (Phi) is 5.44. The Labute approximate surface area is 145 Å². The molecule has 0 N–H and O–H groups in total. The Balaban J connectivity index is 1.57. The van der Waals surface area contributed by atoms with Crippen molar-refractivity contribution in [3.05, 3.63) is 41.3 Å². The van der Waals surface area contributed by atoms with Gasteiger partial charge in [-0.1, -0.05) is 0 Å². The molecule has 0 atom stereocenters. The van der Waals surface area contributed by atoms with Gasteiger partial charge in [-0.3, -0.25) is 0 Å². The van der Waals surface area contributed by atoms with Crippen LogP contribution in [-0.2, 0) is 6.54 Å². The van der Waals surface area contributed by atoms with E-state index in [0.717, 1.165) is 31.9 Å². The van der Waals surface area contributed by atoms with Gasteiger partial charge in [-0.25, -0.2) is 4.98 Å². The largest absolute Gasteiger partial charge is 0.477 e. The van der Waals surface area contributed by atoms with Crippen LogP contribution in [-0.4, -0.2) is 29.2 Å². The number of aryl methyl sites for hydroxylation is 2. The lowest BCUT2D eigenvalue weighted by Gasteiger charge is -2.30. The van der Waals surface area contributed by atoms with Gasteiger partial charge in [-0.05, 0) is 64.7 Å². The molecule has 24 heavy (non-hydrogen) atoms. The van der Waals surface area contributed by atoms with Crippen molar-refractivity contribution in [1.29, 1.82) is 0 Å². The monoisotopic (exact) mass is 327 g/mol. The molecular weight excluding hydrogens is 298 g/mol. The van der Waals surface area contributed by atoms with Crippen molar-refractivity contribution >= 4 is 5.69 Å². The average molecular weight is 327 g/mol. The van der Waals surface area contributed by atoms with Gasteiger partial charge in [0, 0.05) is 48.5 Å². The summed E-state index contributed by atoms with van der Waals surface area (Å²) in [5.41, 5.74) is 5.09. The van der Waals surface area contributed by atoms with Crippen LogP contribution in [0.4, 0.5) is 5.69 Å². The summed E-state index contributed by atoms with van der Waals surface area (Å²) in [7, 11) is 0. The van der Waals surface area contributed by atoms with E-state index in [2.05, 4.69) is 53.4 Å². The molecule has 0 aromatic carbocycles. The third-order valence-corrected chi connectivity index (χ3v) is 5.01. The number of aromatic nitrogens is 2. The van der Waals surface area contributed by atoms with Gasteiger partial charge in [0.1, 0.15) is 0 Å². The second-order valence-electron chi connectivity index (χ2n) is 6.78. The predicted octanol–water partition coefficient (Wildman–Crippen LogP) is 4.27. The van der Waals surface area contributed by atoms with E-state index in [9.17, 15) is 0 Å². The van der Waals surface area contributed by atoms with Crippen LogP contribution in [0.1, 0.15) is 42.6 Å². The van der Waals surface area contributed by atoms with E-state index in [1.165, 1.54) is 41.9 Å². The molecule has 0 unspecified atom stereocenters. The smallest absolute Gasteiger partial charge is 0.218 e. The number of rotatable bonds is 6. The highest BCUT2D eigenvalue weighted by Crippen LogP contribution is 2.28. The van der Waals surface area contributed by atoms with Crippen LogP contribution in [0, 0.1) is 20.8 Å². The van der Waals surface area contributed by atoms with Gasteiger partial charge in [-0.2, -0.15) is 0 Å². The number of hydrogen-bond donors (Lipinski definition) is 0. The Morgan fingerprint density at radius 3 is 2.42 bits per heavy atom. The van der Waals surface area contributed by atoms with Crippen molar-refractivity contribution in [3.63, 3.8) is 0 Å². The number of hydrogen-bond acceptors (Lipinski definition) is 3. The van der Waals surface area contributed by atoms with E-state index >= 15 is 0 Å². The van der Waals surface area contributed by atoms with Crippen LogP contribution >= 0.6 is 0 Å². The SMILES string of the molecule is Cc1c(N2CCCCC2)ccnc1OCCCn1c(C)ccc1C. The van der Waals surface area contributed by atoms with Crippen molar-refractivity contribution in [2.45, 2.75) is 53.0 Å². The summed E-state index contributed by atoms with van der Waals surface area (Å²) in [6, 6.07) is 6.47. The molecule has 0 radical (unpaired) electrons. The molecule has 1 fully saturated rings. The van der Waals surface area contributed by atoms with Gasteiger partial charge in [0.2, 0.25) is 5.88 Å². The Morgan fingerprint density at radius 2 is 1.71 bits per heavy atom. The van der Waals surface area contributed by atoms with Crippen molar-refractivity contribution in [3.8, 4) is 5.88 Å². The van der Waals surface area contributed by atoms with Crippen LogP contribution < -0.4 is 9.64 Å². The lowest BCUT2D eigenvalue weighted by atomic mass is 10.1. The molecule has 0 aliphatic carbocycles. The zero-order valence-corrected chi connectivity index (χ0v) is 15.2. The van der Waals surface area contributed by atoms with Crippen LogP contribution in [0.3, 0.4) is 0 Å². The number of piperidine rings is 1. The quantitative estimate of drug-likeness (QED) is 0.742. The molecular formula is C20H29N3O. The standard InChI is InChI=1S/C20H29N3O/c1-16-8-9-17(2)23(16)14-7-15-24-20-18(3)19(10-11-21-20)22-12-5-4-6-13-22/h8-11H,4-7,12-15H2,1-3H3. The van der Waals surface area contributed by atoms with Gasteiger partial charge < -0.3 is 14.2 Å². The van der Waals surface area contributed by atoms with Gasteiger partial charge in [0.25, 0.3) is 0 Å². The second-order valence-corrected chi connectivity index (χ2v) is 6.78. The summed E-state index contributed by atoms with van der Waals surface area (Å²) in [4.78, 5) is 6.92. The maximum Gasteiger partial charge on any atom is 0.218 e. The van der Waals surface area contributed by atoms with Gasteiger partial charge in [0.15, 0.2) is 0 Å². The Hall–Kier alpha value is -1.97.